The average molecular weight is 451 g/mol. The van der Waals surface area contributed by atoms with Gasteiger partial charge in [-0.2, -0.15) is 0 Å². The molecule has 7 heteroatoms. The molecule has 2 aromatic rings. The number of rotatable bonds is 7. The van der Waals surface area contributed by atoms with Crippen molar-refractivity contribution in [2.24, 2.45) is 5.92 Å². The molecule has 0 saturated carbocycles. The topological polar surface area (TPSA) is 78.8 Å². The average Bonchev–Trinajstić information content (AvgIpc) is 3.36. The zero-order valence-electron chi connectivity index (χ0n) is 19.8. The second-order valence-corrected chi connectivity index (χ2v) is 9.34. The lowest BCUT2D eigenvalue weighted by Gasteiger charge is -2.37. The molecule has 0 radical (unpaired) electrons. The van der Waals surface area contributed by atoms with Gasteiger partial charge in [-0.15, -0.1) is 0 Å². The summed E-state index contributed by atoms with van der Waals surface area (Å²) in [7, 11) is 2.05. The van der Waals surface area contributed by atoms with Crippen LogP contribution in [0.2, 0.25) is 0 Å². The molecular weight excluding hydrogens is 416 g/mol. The predicted molar refractivity (Wildman–Crippen MR) is 128 cm³/mol. The third-order valence-electron chi connectivity index (χ3n) is 6.58. The Morgan fingerprint density at radius 3 is 2.88 bits per heavy atom. The highest BCUT2D eigenvalue weighted by Gasteiger charge is 2.34. The molecular formula is C26H34N4O3. The van der Waals surface area contributed by atoms with Crippen LogP contribution in [0.15, 0.2) is 42.7 Å². The van der Waals surface area contributed by atoms with Crippen molar-refractivity contribution < 1.29 is 14.6 Å². The van der Waals surface area contributed by atoms with E-state index >= 15 is 0 Å². The van der Waals surface area contributed by atoms with Crippen LogP contribution in [-0.4, -0.2) is 69.7 Å². The molecule has 0 spiro atoms. The number of hydrogen-bond acceptors (Lipinski definition) is 6. The summed E-state index contributed by atoms with van der Waals surface area (Å²) in [5.41, 5.74) is 3.70. The highest BCUT2D eigenvalue weighted by Crippen LogP contribution is 2.32. The minimum absolute atomic E-state index is 0.0568. The number of nitrogens with zero attached hydrogens (tertiary/aromatic N) is 4. The maximum Gasteiger partial charge on any atom is 0.259 e. The molecule has 2 aromatic heterocycles. The van der Waals surface area contributed by atoms with Crippen molar-refractivity contribution in [1.82, 2.24) is 19.8 Å². The van der Waals surface area contributed by atoms with Gasteiger partial charge in [-0.3, -0.25) is 14.7 Å². The highest BCUT2D eigenvalue weighted by molar-refractivity contribution is 5.97. The smallest absolute Gasteiger partial charge is 0.259 e. The summed E-state index contributed by atoms with van der Waals surface area (Å²) < 4.78 is 6.40. The Kier molecular flexibility index (Phi) is 7.40. The number of aromatic nitrogens is 2. The number of ether oxygens (including phenoxy) is 1. The molecule has 4 rings (SSSR count). The summed E-state index contributed by atoms with van der Waals surface area (Å²) in [6, 6.07) is 7.55. The molecule has 0 fully saturated rings. The van der Waals surface area contributed by atoms with E-state index in [9.17, 15) is 9.90 Å². The first-order chi connectivity index (χ1) is 16.0. The first-order valence-corrected chi connectivity index (χ1v) is 11.8. The van der Waals surface area contributed by atoms with Crippen LogP contribution in [0.25, 0.3) is 5.57 Å². The number of aliphatic hydroxyl groups is 1. The Bertz CT molecular complexity index is 994. The lowest BCUT2D eigenvalue weighted by atomic mass is 9.99. The number of carbonyl (C=O) groups excluding carboxylic acids is 1. The lowest BCUT2D eigenvalue weighted by molar-refractivity contribution is 0.0324. The summed E-state index contributed by atoms with van der Waals surface area (Å²) in [4.78, 5) is 26.5. The molecule has 1 N–H and O–H groups in total. The monoisotopic (exact) mass is 450 g/mol. The molecule has 0 saturated heterocycles. The van der Waals surface area contributed by atoms with Gasteiger partial charge < -0.3 is 14.7 Å². The van der Waals surface area contributed by atoms with Crippen LogP contribution in [0.1, 0.15) is 54.7 Å². The molecule has 0 aromatic carbocycles. The molecule has 3 heterocycles. The maximum absolute atomic E-state index is 13.5. The maximum atomic E-state index is 13.5. The van der Waals surface area contributed by atoms with Crippen molar-refractivity contribution >= 4 is 11.5 Å². The van der Waals surface area contributed by atoms with Gasteiger partial charge in [-0.05, 0) is 62.6 Å². The van der Waals surface area contributed by atoms with Crippen LogP contribution in [0, 0.1) is 5.92 Å². The molecule has 1 aliphatic heterocycles. The van der Waals surface area contributed by atoms with Crippen molar-refractivity contribution in [2.75, 3.05) is 26.7 Å². The van der Waals surface area contributed by atoms with Gasteiger partial charge in [0.1, 0.15) is 11.7 Å². The Morgan fingerprint density at radius 2 is 2.18 bits per heavy atom. The van der Waals surface area contributed by atoms with Crippen LogP contribution in [-0.2, 0) is 6.54 Å². The first-order valence-electron chi connectivity index (χ1n) is 11.8. The molecule has 2 aliphatic rings. The molecule has 3 atom stereocenters. The molecule has 1 aliphatic carbocycles. The summed E-state index contributed by atoms with van der Waals surface area (Å²) in [6.07, 6.45) is 8.88. The van der Waals surface area contributed by atoms with Gasteiger partial charge >= 0.3 is 0 Å². The van der Waals surface area contributed by atoms with Gasteiger partial charge in [0.25, 0.3) is 5.91 Å². The molecule has 7 nitrogen and oxygen atoms in total. The zero-order valence-corrected chi connectivity index (χ0v) is 19.8. The van der Waals surface area contributed by atoms with Gasteiger partial charge in [0.05, 0.1) is 18.3 Å². The second-order valence-electron chi connectivity index (χ2n) is 9.34. The van der Waals surface area contributed by atoms with Crippen LogP contribution in [0.3, 0.4) is 0 Å². The van der Waals surface area contributed by atoms with Gasteiger partial charge in [0.2, 0.25) is 5.88 Å². The minimum atomic E-state index is -0.285. The summed E-state index contributed by atoms with van der Waals surface area (Å²) in [5, 5.41) is 9.84. The summed E-state index contributed by atoms with van der Waals surface area (Å²) >= 11 is 0. The fourth-order valence-corrected chi connectivity index (χ4v) is 4.57. The Labute approximate surface area is 196 Å². The predicted octanol–water partition coefficient (Wildman–Crippen LogP) is 3.40. The summed E-state index contributed by atoms with van der Waals surface area (Å²) in [6.45, 7) is 5.77. The Hall–Kier alpha value is -2.77. The number of pyridine rings is 2. The number of carbonyl (C=O) groups is 1. The number of fused-ring (bicyclic) bond motifs is 1. The van der Waals surface area contributed by atoms with E-state index in [1.54, 1.807) is 11.1 Å². The van der Waals surface area contributed by atoms with E-state index in [2.05, 4.69) is 27.9 Å². The van der Waals surface area contributed by atoms with Crippen LogP contribution in [0.4, 0.5) is 0 Å². The SMILES string of the molecule is C[C@@H]1CN([C@@H](C)CO)C(=O)c2cc(C3=CCCC3)cnc2O[C@@H]1CN(C)Cc1ccccn1. The molecule has 0 unspecified atom stereocenters. The van der Waals surface area contributed by atoms with E-state index in [0.717, 1.165) is 30.5 Å². The minimum Gasteiger partial charge on any atom is -0.472 e. The third kappa shape index (κ3) is 5.42. The van der Waals surface area contributed by atoms with Gasteiger partial charge in [-0.25, -0.2) is 4.98 Å². The standard InChI is InChI=1S/C26H34N4O3/c1-18-14-30(19(2)17-31)26(32)23-12-21(20-8-4-5-9-20)13-28-25(23)33-24(18)16-29(3)15-22-10-6-7-11-27-22/h6-8,10-13,18-19,24,31H,4-5,9,14-17H2,1-3H3/t18-,19+,24-/m1/s1. The van der Waals surface area contributed by atoms with E-state index in [0.29, 0.717) is 31.1 Å². The van der Waals surface area contributed by atoms with E-state index in [1.165, 1.54) is 5.57 Å². The van der Waals surface area contributed by atoms with E-state index in [-0.39, 0.29) is 30.6 Å². The largest absolute Gasteiger partial charge is 0.472 e. The number of likely N-dealkylation sites (N-methyl/N-ethyl adjacent to an activating group) is 1. The second kappa shape index (κ2) is 10.4. The van der Waals surface area contributed by atoms with Crippen LogP contribution in [0.5, 0.6) is 5.88 Å². The van der Waals surface area contributed by atoms with Crippen molar-refractivity contribution in [3.05, 3.63) is 59.6 Å². The number of aliphatic hydroxyl groups excluding tert-OH is 1. The number of amides is 1. The molecule has 1 amide bonds. The molecule has 0 bridgehead atoms. The number of allylic oxidation sites excluding steroid dienone is 2. The van der Waals surface area contributed by atoms with Gasteiger partial charge in [0.15, 0.2) is 0 Å². The highest BCUT2D eigenvalue weighted by atomic mass is 16.5. The Balaban J connectivity index is 1.62. The Morgan fingerprint density at radius 1 is 1.33 bits per heavy atom. The zero-order chi connectivity index (χ0) is 23.4. The van der Waals surface area contributed by atoms with Crippen molar-refractivity contribution in [2.45, 2.75) is 51.8 Å². The van der Waals surface area contributed by atoms with E-state index < -0.39 is 0 Å². The van der Waals surface area contributed by atoms with Crippen molar-refractivity contribution in [1.29, 1.82) is 0 Å². The fraction of sp³-hybridized carbons (Fsp3) is 0.500. The van der Waals surface area contributed by atoms with Crippen molar-refractivity contribution in [3.63, 3.8) is 0 Å². The van der Waals surface area contributed by atoms with Crippen molar-refractivity contribution in [3.8, 4) is 5.88 Å². The van der Waals surface area contributed by atoms with Crippen LogP contribution < -0.4 is 4.74 Å². The summed E-state index contributed by atoms with van der Waals surface area (Å²) in [5.74, 6) is 0.299. The number of hydrogen-bond donors (Lipinski definition) is 1. The van der Waals surface area contributed by atoms with Crippen LogP contribution >= 0.6 is 0 Å². The quantitative estimate of drug-likeness (QED) is 0.697. The molecule has 33 heavy (non-hydrogen) atoms. The lowest BCUT2D eigenvalue weighted by Crippen LogP contribution is -2.49. The normalized spacial score (nSPS) is 21.8. The van der Waals surface area contributed by atoms with Gasteiger partial charge in [-0.1, -0.05) is 19.1 Å². The fourth-order valence-electron chi connectivity index (χ4n) is 4.57. The van der Waals surface area contributed by atoms with E-state index in [4.69, 9.17) is 4.74 Å². The van der Waals surface area contributed by atoms with Gasteiger partial charge in [0, 0.05) is 37.9 Å². The third-order valence-corrected chi connectivity index (χ3v) is 6.58. The van der Waals surface area contributed by atoms with E-state index in [1.807, 2.05) is 44.4 Å². The first kappa shape index (κ1) is 23.4. The molecule has 176 valence electrons.